The standard InChI is InChI=1S/C16H25N3O2S/c1-17(2)22(20,21)18(3)14-9-11-19-10-8-13-6-4-5-7-15(13)16(19)12-14/h4-7,14,16H,8-12H2,1-3H3/t14-,16+/m1/s1. The maximum atomic E-state index is 12.4. The van der Waals surface area contributed by atoms with Crippen LogP contribution in [-0.4, -0.2) is 62.2 Å². The molecule has 6 heteroatoms. The highest BCUT2D eigenvalue weighted by Gasteiger charge is 2.38. The van der Waals surface area contributed by atoms with Gasteiger partial charge < -0.3 is 0 Å². The maximum Gasteiger partial charge on any atom is 0.281 e. The number of hydrogen-bond acceptors (Lipinski definition) is 3. The number of hydrogen-bond donors (Lipinski definition) is 0. The number of benzene rings is 1. The van der Waals surface area contributed by atoms with Gasteiger partial charge in [-0.3, -0.25) is 4.90 Å². The van der Waals surface area contributed by atoms with E-state index in [1.807, 2.05) is 0 Å². The Labute approximate surface area is 133 Å². The van der Waals surface area contributed by atoms with Gasteiger partial charge in [0.25, 0.3) is 10.2 Å². The fourth-order valence-electron chi connectivity index (χ4n) is 3.71. The van der Waals surface area contributed by atoms with Gasteiger partial charge in [0.15, 0.2) is 0 Å². The van der Waals surface area contributed by atoms with Crippen LogP contribution in [0, 0.1) is 0 Å². The van der Waals surface area contributed by atoms with Crippen molar-refractivity contribution in [3.63, 3.8) is 0 Å². The fraction of sp³-hybridized carbons (Fsp3) is 0.625. The van der Waals surface area contributed by atoms with E-state index in [2.05, 4.69) is 29.2 Å². The molecule has 1 fully saturated rings. The Hall–Kier alpha value is -0.950. The van der Waals surface area contributed by atoms with Crippen molar-refractivity contribution in [2.24, 2.45) is 0 Å². The van der Waals surface area contributed by atoms with Gasteiger partial charge in [0.05, 0.1) is 0 Å². The molecule has 1 aromatic rings. The van der Waals surface area contributed by atoms with Gasteiger partial charge in [-0.25, -0.2) is 0 Å². The van der Waals surface area contributed by atoms with E-state index < -0.39 is 10.2 Å². The van der Waals surface area contributed by atoms with Crippen molar-refractivity contribution < 1.29 is 8.42 Å². The fourth-order valence-corrected chi connectivity index (χ4v) is 4.80. The highest BCUT2D eigenvalue weighted by atomic mass is 32.2. The van der Waals surface area contributed by atoms with Crippen molar-refractivity contribution >= 4 is 10.2 Å². The minimum absolute atomic E-state index is 0.0693. The first-order chi connectivity index (χ1) is 10.4. The first-order valence-electron chi connectivity index (χ1n) is 7.88. The molecule has 3 rings (SSSR count). The third kappa shape index (κ3) is 2.69. The van der Waals surface area contributed by atoms with Gasteiger partial charge in [-0.05, 0) is 30.4 Å². The van der Waals surface area contributed by atoms with E-state index in [1.54, 1.807) is 25.4 Å². The molecule has 2 atom stereocenters. The summed E-state index contributed by atoms with van der Waals surface area (Å²) in [6, 6.07) is 9.01. The number of piperidine rings is 1. The molecule has 2 heterocycles. The van der Waals surface area contributed by atoms with Crippen molar-refractivity contribution in [3.05, 3.63) is 35.4 Å². The van der Waals surface area contributed by atoms with E-state index >= 15 is 0 Å². The van der Waals surface area contributed by atoms with Crippen LogP contribution in [0.15, 0.2) is 24.3 Å². The van der Waals surface area contributed by atoms with Crippen molar-refractivity contribution in [1.29, 1.82) is 0 Å². The van der Waals surface area contributed by atoms with Crippen LogP contribution in [0.4, 0.5) is 0 Å². The van der Waals surface area contributed by atoms with Gasteiger partial charge in [0.1, 0.15) is 0 Å². The second kappa shape index (κ2) is 5.92. The van der Waals surface area contributed by atoms with E-state index in [4.69, 9.17) is 0 Å². The lowest BCUT2D eigenvalue weighted by Crippen LogP contribution is -2.51. The highest BCUT2D eigenvalue weighted by molar-refractivity contribution is 7.86. The molecular formula is C16H25N3O2S. The molecular weight excluding hydrogens is 298 g/mol. The molecule has 0 aliphatic carbocycles. The predicted octanol–water partition coefficient (Wildman–Crippen LogP) is 1.49. The third-order valence-electron chi connectivity index (χ3n) is 5.11. The van der Waals surface area contributed by atoms with Crippen LogP contribution >= 0.6 is 0 Å². The lowest BCUT2D eigenvalue weighted by Gasteiger charge is -2.45. The molecule has 0 bridgehead atoms. The molecule has 0 unspecified atom stereocenters. The molecule has 122 valence electrons. The predicted molar refractivity (Wildman–Crippen MR) is 87.9 cm³/mol. The van der Waals surface area contributed by atoms with Crippen LogP contribution < -0.4 is 0 Å². The van der Waals surface area contributed by atoms with E-state index in [0.717, 1.165) is 32.4 Å². The van der Waals surface area contributed by atoms with Gasteiger partial charge in [0.2, 0.25) is 0 Å². The van der Waals surface area contributed by atoms with E-state index in [0.29, 0.717) is 6.04 Å². The molecule has 0 amide bonds. The lowest BCUT2D eigenvalue weighted by atomic mass is 9.85. The average molecular weight is 323 g/mol. The molecule has 0 radical (unpaired) electrons. The molecule has 1 saturated heterocycles. The monoisotopic (exact) mass is 323 g/mol. The number of rotatable bonds is 3. The summed E-state index contributed by atoms with van der Waals surface area (Å²) in [6.07, 6.45) is 2.88. The van der Waals surface area contributed by atoms with Gasteiger partial charge in [0, 0.05) is 46.3 Å². The topological polar surface area (TPSA) is 43.9 Å². The highest BCUT2D eigenvalue weighted by Crippen LogP contribution is 2.38. The van der Waals surface area contributed by atoms with Crippen molar-refractivity contribution in [3.8, 4) is 0 Å². The van der Waals surface area contributed by atoms with Gasteiger partial charge >= 0.3 is 0 Å². The zero-order chi connectivity index (χ0) is 15.9. The summed E-state index contributed by atoms with van der Waals surface area (Å²) in [5.41, 5.74) is 2.80. The molecule has 1 aromatic carbocycles. The summed E-state index contributed by atoms with van der Waals surface area (Å²) in [7, 11) is 1.56. The molecule has 0 aromatic heterocycles. The second-order valence-electron chi connectivity index (χ2n) is 6.49. The SMILES string of the molecule is CN(C)S(=O)(=O)N(C)[C@@H]1CCN2CCc3ccccc3[C@@H]2C1. The smallest absolute Gasteiger partial charge is 0.281 e. The summed E-state index contributed by atoms with van der Waals surface area (Å²) in [6.45, 7) is 2.05. The van der Waals surface area contributed by atoms with Crippen LogP contribution in [0.3, 0.4) is 0 Å². The molecule has 0 spiro atoms. The van der Waals surface area contributed by atoms with Crippen molar-refractivity contribution in [2.75, 3.05) is 34.2 Å². The summed E-state index contributed by atoms with van der Waals surface area (Å²) in [5.74, 6) is 0. The van der Waals surface area contributed by atoms with Crippen molar-refractivity contribution in [1.82, 2.24) is 13.5 Å². The zero-order valence-electron chi connectivity index (χ0n) is 13.6. The van der Waals surface area contributed by atoms with E-state index in [-0.39, 0.29) is 6.04 Å². The molecule has 0 N–H and O–H groups in total. The Morgan fingerprint density at radius 3 is 2.59 bits per heavy atom. The minimum atomic E-state index is -3.34. The van der Waals surface area contributed by atoms with E-state index in [1.165, 1.54) is 15.4 Å². The largest absolute Gasteiger partial charge is 0.296 e. The summed E-state index contributed by atoms with van der Waals surface area (Å²) < 4.78 is 27.6. The molecule has 5 nitrogen and oxygen atoms in total. The summed E-state index contributed by atoms with van der Waals surface area (Å²) in [5, 5.41) is 0. The van der Waals surface area contributed by atoms with Gasteiger partial charge in [-0.1, -0.05) is 24.3 Å². The lowest BCUT2D eigenvalue weighted by molar-refractivity contribution is 0.0955. The number of fused-ring (bicyclic) bond motifs is 3. The van der Waals surface area contributed by atoms with Crippen LogP contribution in [0.2, 0.25) is 0 Å². The quantitative estimate of drug-likeness (QED) is 0.846. The van der Waals surface area contributed by atoms with Crippen LogP contribution in [0.1, 0.15) is 30.0 Å². The van der Waals surface area contributed by atoms with Crippen LogP contribution in [-0.2, 0) is 16.6 Å². The van der Waals surface area contributed by atoms with Crippen molar-refractivity contribution in [2.45, 2.75) is 31.3 Å². The summed E-state index contributed by atoms with van der Waals surface area (Å²) in [4.78, 5) is 2.51. The Morgan fingerprint density at radius 2 is 1.86 bits per heavy atom. The van der Waals surface area contributed by atoms with Gasteiger partial charge in [-0.15, -0.1) is 0 Å². The zero-order valence-corrected chi connectivity index (χ0v) is 14.4. The minimum Gasteiger partial charge on any atom is -0.296 e. The molecule has 2 aliphatic heterocycles. The molecule has 22 heavy (non-hydrogen) atoms. The van der Waals surface area contributed by atoms with Crippen LogP contribution in [0.5, 0.6) is 0 Å². The Morgan fingerprint density at radius 1 is 1.14 bits per heavy atom. The first-order valence-corrected chi connectivity index (χ1v) is 9.28. The first kappa shape index (κ1) is 15.9. The van der Waals surface area contributed by atoms with E-state index in [9.17, 15) is 8.42 Å². The number of nitrogens with zero attached hydrogens (tertiary/aromatic N) is 3. The average Bonchev–Trinajstić information content (AvgIpc) is 2.53. The molecule has 2 aliphatic rings. The second-order valence-corrected chi connectivity index (χ2v) is 8.69. The summed E-state index contributed by atoms with van der Waals surface area (Å²) >= 11 is 0. The van der Waals surface area contributed by atoms with Gasteiger partial charge in [-0.2, -0.15) is 17.0 Å². The maximum absolute atomic E-state index is 12.4. The Kier molecular flexibility index (Phi) is 4.29. The normalized spacial score (nSPS) is 26.0. The van der Waals surface area contributed by atoms with Crippen LogP contribution in [0.25, 0.3) is 0 Å². The third-order valence-corrected chi connectivity index (χ3v) is 7.06. The Balaban J connectivity index is 1.84. The Bertz CT molecular complexity index is 645. The molecule has 0 saturated carbocycles.